The second-order valence-electron chi connectivity index (χ2n) is 10.3. The highest BCUT2D eigenvalue weighted by molar-refractivity contribution is 7.10. The average molecular weight is 466 g/mol. The molecule has 5 rings (SSSR count). The molecule has 1 aromatic heterocycles. The molecule has 1 heterocycles. The van der Waals surface area contributed by atoms with Gasteiger partial charge < -0.3 is 10.4 Å². The van der Waals surface area contributed by atoms with Gasteiger partial charge in [0.1, 0.15) is 0 Å². The van der Waals surface area contributed by atoms with Gasteiger partial charge in [-0.25, -0.2) is 0 Å². The maximum Gasteiger partial charge on any atom is 0.303 e. The number of hydrogen-bond donors (Lipinski definition) is 2. The Bertz CT molecular complexity index is 994. The molecule has 176 valence electrons. The molecule has 2 aromatic rings. The molecule has 1 aromatic carbocycles. The average Bonchev–Trinajstić information content (AvgIpc) is 3.25. The predicted octanol–water partition coefficient (Wildman–Crippen LogP) is 6.32. The van der Waals surface area contributed by atoms with Gasteiger partial charge in [-0.1, -0.05) is 56.3 Å². The first-order valence-electron chi connectivity index (χ1n) is 12.1. The quantitative estimate of drug-likeness (QED) is 0.319. The van der Waals surface area contributed by atoms with Gasteiger partial charge in [0.25, 0.3) is 5.91 Å². The second kappa shape index (κ2) is 10.3. The summed E-state index contributed by atoms with van der Waals surface area (Å²) in [6, 6.07) is 12.6. The number of carbonyl (C=O) groups is 2. The Hall–Kier alpha value is -2.40. The van der Waals surface area contributed by atoms with E-state index in [1.165, 1.54) is 16.9 Å². The Morgan fingerprint density at radius 1 is 1.18 bits per heavy atom. The Balaban J connectivity index is 1.37. The molecule has 3 aliphatic rings. The van der Waals surface area contributed by atoms with E-state index >= 15 is 0 Å². The van der Waals surface area contributed by atoms with E-state index < -0.39 is 5.97 Å². The van der Waals surface area contributed by atoms with Crippen molar-refractivity contribution in [2.24, 2.45) is 23.2 Å². The van der Waals surface area contributed by atoms with Crippen molar-refractivity contribution in [2.75, 3.05) is 0 Å². The molecular formula is C28H35NO3S. The molecule has 0 unspecified atom stereocenters. The van der Waals surface area contributed by atoms with Crippen LogP contribution in [0.25, 0.3) is 0 Å². The molecule has 0 radical (unpaired) electrons. The molecule has 4 atom stereocenters. The standard InChI is InChI=1S/C28H35NO3S/c1-28(2)22-15-20(12-8-3-4-9-13-25(30)31)26(24(28)17-22)29-27(32)21-16-23(33-18-21)14-19-10-6-5-7-11-19/h3,5-8,10-11,16,18,20,22,24,26H,4,9,12-15,17H2,1-2H3,(H,29,32)(H,30,31)/b8-3+/t20-,22+,24+,26+/m0/s1. The van der Waals surface area contributed by atoms with Crippen LogP contribution in [0.5, 0.6) is 0 Å². The van der Waals surface area contributed by atoms with Crippen molar-refractivity contribution in [1.29, 1.82) is 0 Å². The van der Waals surface area contributed by atoms with E-state index in [9.17, 15) is 9.59 Å². The van der Waals surface area contributed by atoms with Crippen LogP contribution in [-0.4, -0.2) is 23.0 Å². The van der Waals surface area contributed by atoms with Crippen LogP contribution in [0.2, 0.25) is 0 Å². The lowest BCUT2D eigenvalue weighted by Crippen LogP contribution is -2.63. The van der Waals surface area contributed by atoms with Gasteiger partial charge in [0.05, 0.1) is 5.56 Å². The second-order valence-corrected chi connectivity index (χ2v) is 11.3. The number of amides is 1. The lowest BCUT2D eigenvalue weighted by atomic mass is 9.44. The zero-order chi connectivity index (χ0) is 23.4. The molecule has 3 fully saturated rings. The van der Waals surface area contributed by atoms with Crippen LogP contribution in [0, 0.1) is 23.2 Å². The van der Waals surface area contributed by atoms with Crippen molar-refractivity contribution in [3.05, 3.63) is 69.9 Å². The summed E-state index contributed by atoms with van der Waals surface area (Å²) in [6.45, 7) is 4.71. The van der Waals surface area contributed by atoms with Crippen LogP contribution < -0.4 is 5.32 Å². The molecule has 2 bridgehead atoms. The van der Waals surface area contributed by atoms with Crippen molar-refractivity contribution < 1.29 is 14.7 Å². The topological polar surface area (TPSA) is 66.4 Å². The smallest absolute Gasteiger partial charge is 0.303 e. The maximum atomic E-state index is 13.2. The Labute approximate surface area is 201 Å². The Morgan fingerprint density at radius 2 is 1.97 bits per heavy atom. The third-order valence-electron chi connectivity index (χ3n) is 7.88. The number of fused-ring (bicyclic) bond motifs is 2. The first-order valence-corrected chi connectivity index (χ1v) is 13.0. The molecule has 3 saturated carbocycles. The molecule has 0 spiro atoms. The first kappa shape index (κ1) is 23.7. The summed E-state index contributed by atoms with van der Waals surface area (Å²) in [5.41, 5.74) is 2.32. The van der Waals surface area contributed by atoms with Gasteiger partial charge in [0, 0.05) is 29.1 Å². The van der Waals surface area contributed by atoms with Gasteiger partial charge in [-0.05, 0) is 66.9 Å². The van der Waals surface area contributed by atoms with E-state index in [2.05, 4.69) is 43.4 Å². The van der Waals surface area contributed by atoms with Gasteiger partial charge >= 0.3 is 5.97 Å². The molecule has 0 saturated heterocycles. The highest BCUT2D eigenvalue weighted by Gasteiger charge is 2.57. The molecule has 4 nitrogen and oxygen atoms in total. The van der Waals surface area contributed by atoms with E-state index in [-0.39, 0.29) is 23.8 Å². The van der Waals surface area contributed by atoms with Crippen LogP contribution in [0.3, 0.4) is 0 Å². The summed E-state index contributed by atoms with van der Waals surface area (Å²) in [5, 5.41) is 14.2. The normalized spacial score (nSPS) is 25.5. The number of hydrogen-bond acceptors (Lipinski definition) is 3. The largest absolute Gasteiger partial charge is 0.481 e. The van der Waals surface area contributed by atoms with Crippen LogP contribution >= 0.6 is 11.3 Å². The van der Waals surface area contributed by atoms with Gasteiger partial charge in [0.15, 0.2) is 0 Å². The molecule has 33 heavy (non-hydrogen) atoms. The zero-order valence-electron chi connectivity index (χ0n) is 19.6. The maximum absolute atomic E-state index is 13.2. The molecule has 2 N–H and O–H groups in total. The summed E-state index contributed by atoms with van der Waals surface area (Å²) in [6.07, 6.45) is 10.2. The van der Waals surface area contributed by atoms with Gasteiger partial charge in [-0.3, -0.25) is 9.59 Å². The highest BCUT2D eigenvalue weighted by atomic mass is 32.1. The minimum absolute atomic E-state index is 0.0483. The van der Waals surface area contributed by atoms with Gasteiger partial charge in [0.2, 0.25) is 0 Å². The number of thiophene rings is 1. The van der Waals surface area contributed by atoms with E-state index in [1.807, 2.05) is 29.6 Å². The van der Waals surface area contributed by atoms with E-state index in [0.717, 1.165) is 37.2 Å². The van der Waals surface area contributed by atoms with Crippen LogP contribution in [0.15, 0.2) is 53.9 Å². The Morgan fingerprint density at radius 3 is 2.70 bits per heavy atom. The fraction of sp³-hybridized carbons (Fsp3) is 0.500. The Kier molecular flexibility index (Phi) is 7.38. The number of carbonyl (C=O) groups excluding carboxylic acids is 1. The van der Waals surface area contributed by atoms with Crippen molar-refractivity contribution in [2.45, 2.75) is 64.8 Å². The lowest BCUT2D eigenvalue weighted by Gasteiger charge is -2.62. The molecule has 0 aliphatic heterocycles. The third kappa shape index (κ3) is 5.57. The van der Waals surface area contributed by atoms with E-state index in [1.54, 1.807) is 11.3 Å². The highest BCUT2D eigenvalue weighted by Crippen LogP contribution is 2.61. The first-order chi connectivity index (χ1) is 15.8. The number of rotatable bonds is 10. The molecule has 1 amide bonds. The summed E-state index contributed by atoms with van der Waals surface area (Å²) in [7, 11) is 0. The summed E-state index contributed by atoms with van der Waals surface area (Å²) < 4.78 is 0. The minimum atomic E-state index is -0.735. The van der Waals surface area contributed by atoms with Gasteiger partial charge in [-0.2, -0.15) is 0 Å². The van der Waals surface area contributed by atoms with Crippen molar-refractivity contribution in [1.82, 2.24) is 5.32 Å². The van der Waals surface area contributed by atoms with Crippen LogP contribution in [0.1, 0.15) is 73.2 Å². The number of aliphatic carboxylic acids is 1. The predicted molar refractivity (Wildman–Crippen MR) is 134 cm³/mol. The lowest BCUT2D eigenvalue weighted by molar-refractivity contribution is -0.137. The monoisotopic (exact) mass is 465 g/mol. The number of unbranched alkanes of at least 4 members (excludes halogenated alkanes) is 1. The van der Waals surface area contributed by atoms with Crippen LogP contribution in [0.4, 0.5) is 0 Å². The minimum Gasteiger partial charge on any atom is -0.481 e. The zero-order valence-corrected chi connectivity index (χ0v) is 20.4. The summed E-state index contributed by atoms with van der Waals surface area (Å²) in [4.78, 5) is 25.1. The van der Waals surface area contributed by atoms with Crippen LogP contribution in [-0.2, 0) is 11.2 Å². The fourth-order valence-electron chi connectivity index (χ4n) is 5.75. The van der Waals surface area contributed by atoms with Crippen molar-refractivity contribution in [3.8, 4) is 0 Å². The summed E-state index contributed by atoms with van der Waals surface area (Å²) in [5.74, 6) is 1.02. The number of carboxylic acid groups (broad SMARTS) is 1. The van der Waals surface area contributed by atoms with E-state index in [0.29, 0.717) is 18.3 Å². The van der Waals surface area contributed by atoms with Crippen molar-refractivity contribution in [3.63, 3.8) is 0 Å². The van der Waals surface area contributed by atoms with Crippen molar-refractivity contribution >= 4 is 23.2 Å². The third-order valence-corrected chi connectivity index (χ3v) is 8.81. The molecular weight excluding hydrogens is 430 g/mol. The number of allylic oxidation sites excluding steroid dienone is 2. The number of benzene rings is 1. The number of carboxylic acids is 1. The number of nitrogens with one attached hydrogen (secondary N) is 1. The molecule has 5 heteroatoms. The van der Waals surface area contributed by atoms with Gasteiger partial charge in [-0.15, -0.1) is 11.3 Å². The fourth-order valence-corrected chi connectivity index (χ4v) is 6.65. The SMILES string of the molecule is CC1(C)[C@@H]2C[C@H](C/C=C/CCCC(=O)O)[C@@H](NC(=O)c3csc(Cc4ccccc4)c3)[C@H]1C2. The molecule has 3 aliphatic carbocycles. The summed E-state index contributed by atoms with van der Waals surface area (Å²) >= 11 is 1.66. The van der Waals surface area contributed by atoms with E-state index in [4.69, 9.17) is 5.11 Å².